The number of nitrogens with one attached hydrogen (secondary N) is 1. The van der Waals surface area contributed by atoms with Gasteiger partial charge in [0.25, 0.3) is 5.56 Å². The smallest absolute Gasteiger partial charge is 0.329 e. The summed E-state index contributed by atoms with van der Waals surface area (Å²) < 4.78 is 8.21. The van der Waals surface area contributed by atoms with Crippen LogP contribution in [0.1, 0.15) is 12.5 Å². The fourth-order valence-corrected chi connectivity index (χ4v) is 4.01. The molecule has 1 saturated heterocycles. The number of aromatic amines is 1. The predicted octanol–water partition coefficient (Wildman–Crippen LogP) is 0.810. The monoisotopic (exact) mass is 460 g/mol. The minimum Gasteiger partial charge on any atom is -0.465 e. The van der Waals surface area contributed by atoms with Crippen molar-refractivity contribution in [2.45, 2.75) is 13.5 Å². The highest BCUT2D eigenvalue weighted by Gasteiger charge is 2.26. The van der Waals surface area contributed by atoms with Gasteiger partial charge in [0.05, 0.1) is 19.7 Å². The fourth-order valence-electron chi connectivity index (χ4n) is 3.88. The Morgan fingerprint density at radius 1 is 1.16 bits per heavy atom. The summed E-state index contributed by atoms with van der Waals surface area (Å²) >= 11 is 6.02. The molecule has 1 fully saturated rings. The Kier molecular flexibility index (Phi) is 6.33. The van der Waals surface area contributed by atoms with E-state index in [2.05, 4.69) is 14.9 Å². The first kappa shape index (κ1) is 22.1. The number of carbonyl (C=O) groups is 1. The minimum atomic E-state index is -0.510. The van der Waals surface area contributed by atoms with Crippen LogP contribution in [0.3, 0.4) is 0 Å². The van der Waals surface area contributed by atoms with Crippen LogP contribution in [0, 0.1) is 0 Å². The molecule has 10 nitrogen and oxygen atoms in total. The molecule has 2 aromatic heterocycles. The van der Waals surface area contributed by atoms with Crippen LogP contribution >= 0.6 is 11.6 Å². The molecule has 0 spiro atoms. The number of hydrogen-bond acceptors (Lipinski definition) is 7. The number of aryl methyl sites for hydroxylation is 1. The Bertz CT molecular complexity index is 1240. The molecule has 0 aliphatic carbocycles. The van der Waals surface area contributed by atoms with Crippen molar-refractivity contribution in [2.24, 2.45) is 7.05 Å². The Labute approximate surface area is 189 Å². The lowest BCUT2D eigenvalue weighted by Crippen LogP contribution is -2.49. The van der Waals surface area contributed by atoms with Crippen LogP contribution in [-0.2, 0) is 23.1 Å². The average Bonchev–Trinajstić information content (AvgIpc) is 3.14. The summed E-state index contributed by atoms with van der Waals surface area (Å²) in [6, 6.07) is 7.38. The van der Waals surface area contributed by atoms with Gasteiger partial charge in [0.15, 0.2) is 11.2 Å². The maximum Gasteiger partial charge on any atom is 0.329 e. The number of hydrogen-bond donors (Lipinski definition) is 1. The average molecular weight is 461 g/mol. The molecule has 0 unspecified atom stereocenters. The molecule has 1 aromatic carbocycles. The lowest BCUT2D eigenvalue weighted by Gasteiger charge is -2.34. The van der Waals surface area contributed by atoms with Crippen LogP contribution in [-0.4, -0.2) is 69.3 Å². The summed E-state index contributed by atoms with van der Waals surface area (Å²) in [6.07, 6.45) is 0. The van der Waals surface area contributed by atoms with Crippen molar-refractivity contribution in [2.75, 3.05) is 44.2 Å². The predicted molar refractivity (Wildman–Crippen MR) is 121 cm³/mol. The highest BCUT2D eigenvalue weighted by molar-refractivity contribution is 6.30. The quantitative estimate of drug-likeness (QED) is 0.542. The van der Waals surface area contributed by atoms with E-state index in [9.17, 15) is 14.4 Å². The number of anilines is 1. The SMILES string of the molecule is CCOC(=O)CN1CCN(c2nc3c(c(=O)[nH]c(=O)n3C)n2Cc2ccc(Cl)cc2)CC1. The third-order valence-corrected chi connectivity index (χ3v) is 5.81. The zero-order valence-corrected chi connectivity index (χ0v) is 18.8. The number of imidazole rings is 1. The molecule has 0 saturated carbocycles. The van der Waals surface area contributed by atoms with Gasteiger partial charge in [0.2, 0.25) is 5.95 Å². The third kappa shape index (κ3) is 4.42. The number of esters is 1. The number of piperazine rings is 1. The molecular formula is C21H25ClN6O4. The number of halogens is 1. The molecule has 3 heterocycles. The van der Waals surface area contributed by atoms with E-state index < -0.39 is 11.2 Å². The second kappa shape index (κ2) is 9.17. The highest BCUT2D eigenvalue weighted by atomic mass is 35.5. The molecule has 1 N–H and O–H groups in total. The van der Waals surface area contributed by atoms with Gasteiger partial charge in [-0.15, -0.1) is 0 Å². The topological polar surface area (TPSA) is 105 Å². The van der Waals surface area contributed by atoms with E-state index in [0.29, 0.717) is 61.5 Å². The highest BCUT2D eigenvalue weighted by Crippen LogP contribution is 2.23. The van der Waals surface area contributed by atoms with Crippen molar-refractivity contribution >= 4 is 34.7 Å². The molecule has 0 bridgehead atoms. The lowest BCUT2D eigenvalue weighted by molar-refractivity contribution is -0.144. The van der Waals surface area contributed by atoms with Gasteiger partial charge in [-0.2, -0.15) is 4.98 Å². The molecule has 1 aliphatic rings. The van der Waals surface area contributed by atoms with Gasteiger partial charge in [-0.05, 0) is 24.6 Å². The van der Waals surface area contributed by atoms with E-state index in [4.69, 9.17) is 16.3 Å². The lowest BCUT2D eigenvalue weighted by atomic mass is 10.2. The Morgan fingerprint density at radius 3 is 2.50 bits per heavy atom. The normalized spacial score (nSPS) is 14.8. The van der Waals surface area contributed by atoms with Crippen LogP contribution in [0.25, 0.3) is 11.2 Å². The minimum absolute atomic E-state index is 0.238. The van der Waals surface area contributed by atoms with E-state index in [1.54, 1.807) is 26.1 Å². The van der Waals surface area contributed by atoms with Crippen molar-refractivity contribution < 1.29 is 9.53 Å². The van der Waals surface area contributed by atoms with Crippen molar-refractivity contribution in [1.82, 2.24) is 24.0 Å². The molecule has 4 rings (SSSR count). The largest absolute Gasteiger partial charge is 0.465 e. The number of aromatic nitrogens is 4. The van der Waals surface area contributed by atoms with Crippen LogP contribution in [0.2, 0.25) is 5.02 Å². The molecular weight excluding hydrogens is 436 g/mol. The van der Waals surface area contributed by atoms with Gasteiger partial charge >= 0.3 is 11.7 Å². The second-order valence-electron chi connectivity index (χ2n) is 7.68. The summed E-state index contributed by atoms with van der Waals surface area (Å²) in [7, 11) is 1.58. The number of rotatable bonds is 6. The number of nitrogens with zero attached hydrogens (tertiary/aromatic N) is 5. The van der Waals surface area contributed by atoms with Gasteiger partial charge in [0.1, 0.15) is 0 Å². The molecule has 32 heavy (non-hydrogen) atoms. The molecule has 0 amide bonds. The summed E-state index contributed by atoms with van der Waals surface area (Å²) in [4.78, 5) is 47.8. The maximum atomic E-state index is 12.7. The van der Waals surface area contributed by atoms with E-state index >= 15 is 0 Å². The molecule has 170 valence electrons. The molecule has 3 aromatic rings. The van der Waals surface area contributed by atoms with Crippen LogP contribution in [0.5, 0.6) is 0 Å². The van der Waals surface area contributed by atoms with E-state index in [-0.39, 0.29) is 12.5 Å². The van der Waals surface area contributed by atoms with Gasteiger partial charge in [-0.1, -0.05) is 23.7 Å². The number of H-pyrrole nitrogens is 1. The summed E-state index contributed by atoms with van der Waals surface area (Å²) in [6.45, 7) is 5.34. The van der Waals surface area contributed by atoms with Crippen molar-refractivity contribution in [1.29, 1.82) is 0 Å². The van der Waals surface area contributed by atoms with Gasteiger partial charge < -0.3 is 9.64 Å². The standard InChI is InChI=1S/C21H25ClN6O4/c1-3-32-16(29)13-26-8-10-27(11-9-26)20-23-18-17(19(30)24-21(31)25(18)2)28(20)12-14-4-6-15(22)7-5-14/h4-7H,3,8-13H2,1-2H3,(H,24,30,31). The fraction of sp³-hybridized carbons (Fsp3) is 0.429. The number of fused-ring (bicyclic) bond motifs is 1. The first-order valence-electron chi connectivity index (χ1n) is 10.4. The van der Waals surface area contributed by atoms with Crippen LogP contribution in [0.15, 0.2) is 33.9 Å². The van der Waals surface area contributed by atoms with Gasteiger partial charge in [-0.25, -0.2) is 4.79 Å². The Hall–Kier alpha value is -3.11. The van der Waals surface area contributed by atoms with Crippen LogP contribution in [0.4, 0.5) is 5.95 Å². The third-order valence-electron chi connectivity index (χ3n) is 5.55. The first-order chi connectivity index (χ1) is 15.4. The first-order valence-corrected chi connectivity index (χ1v) is 10.8. The Morgan fingerprint density at radius 2 is 1.84 bits per heavy atom. The summed E-state index contributed by atoms with van der Waals surface area (Å²) in [5.41, 5.74) is 0.632. The summed E-state index contributed by atoms with van der Waals surface area (Å²) in [5, 5.41) is 0.627. The van der Waals surface area contributed by atoms with Gasteiger partial charge in [0, 0.05) is 38.2 Å². The van der Waals surface area contributed by atoms with Crippen molar-refractivity contribution in [3.05, 3.63) is 55.7 Å². The second-order valence-corrected chi connectivity index (χ2v) is 8.12. The van der Waals surface area contributed by atoms with Gasteiger partial charge in [-0.3, -0.25) is 28.6 Å². The summed E-state index contributed by atoms with van der Waals surface area (Å²) in [5.74, 6) is 0.370. The zero-order chi connectivity index (χ0) is 22.8. The molecule has 0 atom stereocenters. The number of carbonyl (C=O) groups excluding carboxylic acids is 1. The molecule has 1 aliphatic heterocycles. The van der Waals surface area contributed by atoms with Crippen LogP contribution < -0.4 is 16.1 Å². The van der Waals surface area contributed by atoms with Crippen molar-refractivity contribution in [3.8, 4) is 0 Å². The van der Waals surface area contributed by atoms with E-state index in [1.165, 1.54) is 4.57 Å². The molecule has 0 radical (unpaired) electrons. The van der Waals surface area contributed by atoms with E-state index in [0.717, 1.165) is 5.56 Å². The number of ether oxygens (including phenoxy) is 1. The zero-order valence-electron chi connectivity index (χ0n) is 18.0. The van der Waals surface area contributed by atoms with Crippen molar-refractivity contribution in [3.63, 3.8) is 0 Å². The molecule has 11 heteroatoms. The van der Waals surface area contributed by atoms with E-state index in [1.807, 2.05) is 21.6 Å². The maximum absolute atomic E-state index is 12.7. The Balaban J connectivity index is 1.68. The number of benzene rings is 1.